The molecule has 10 nitrogen and oxygen atoms in total. The van der Waals surface area contributed by atoms with Crippen molar-refractivity contribution in [3.63, 3.8) is 0 Å². The fourth-order valence-corrected chi connectivity index (χ4v) is 3.99. The Balaban J connectivity index is 1.39. The van der Waals surface area contributed by atoms with E-state index in [1.54, 1.807) is 26.0 Å². The van der Waals surface area contributed by atoms with Crippen LogP contribution in [0.15, 0.2) is 57.5 Å². The molecule has 0 atom stereocenters. The molecule has 3 heterocycles. The number of hydrogen-bond donors (Lipinski definition) is 2. The van der Waals surface area contributed by atoms with Gasteiger partial charge in [-0.2, -0.15) is 4.98 Å². The Morgan fingerprint density at radius 2 is 1.78 bits per heavy atom. The Morgan fingerprint density at radius 1 is 1.08 bits per heavy atom. The van der Waals surface area contributed by atoms with Gasteiger partial charge in [-0.25, -0.2) is 4.79 Å². The van der Waals surface area contributed by atoms with E-state index in [0.717, 1.165) is 22.3 Å². The molecule has 0 aliphatic carbocycles. The van der Waals surface area contributed by atoms with E-state index in [-0.39, 0.29) is 13.2 Å². The summed E-state index contributed by atoms with van der Waals surface area (Å²) in [5, 5.41) is 16.9. The van der Waals surface area contributed by atoms with Gasteiger partial charge in [-0.3, -0.25) is 0 Å². The number of nitrogens with one attached hydrogen (secondary N) is 1. The molecule has 2 N–H and O–H groups in total. The monoisotopic (exact) mass is 507 g/mol. The Morgan fingerprint density at radius 3 is 2.46 bits per heavy atom. The van der Waals surface area contributed by atoms with Crippen LogP contribution in [0.4, 0.5) is 4.79 Å². The molecule has 0 radical (unpaired) electrons. The average Bonchev–Trinajstić information content (AvgIpc) is 3.52. The minimum Gasteiger partial charge on any atom is -0.493 e. The van der Waals surface area contributed by atoms with Gasteiger partial charge in [0.15, 0.2) is 5.79 Å². The van der Waals surface area contributed by atoms with Crippen LogP contribution >= 0.6 is 0 Å². The summed E-state index contributed by atoms with van der Waals surface area (Å²) in [6.07, 6.45) is -1.20. The van der Waals surface area contributed by atoms with Crippen LogP contribution in [0.25, 0.3) is 33.8 Å². The van der Waals surface area contributed by atoms with Gasteiger partial charge in [0.05, 0.1) is 19.8 Å². The number of benzene rings is 2. The van der Waals surface area contributed by atoms with E-state index in [9.17, 15) is 9.90 Å². The van der Waals surface area contributed by atoms with E-state index >= 15 is 0 Å². The van der Waals surface area contributed by atoms with E-state index in [1.807, 2.05) is 36.4 Å². The molecule has 0 bridgehead atoms. The fraction of sp³-hybridized carbons (Fsp3) is 0.370. The van der Waals surface area contributed by atoms with E-state index < -0.39 is 17.4 Å². The SMILES string of the molecule is CC(C)COc1ccc(-c2nc(-c3ccc4oc(C5(NC(=O)O)COC(C)(C)OC5)cc4c3)no2)cc1. The largest absolute Gasteiger partial charge is 0.493 e. The summed E-state index contributed by atoms with van der Waals surface area (Å²) < 4.78 is 28.8. The number of fused-ring (bicyclic) bond motifs is 1. The van der Waals surface area contributed by atoms with Crippen LogP contribution in [-0.2, 0) is 15.0 Å². The molecule has 1 saturated heterocycles. The van der Waals surface area contributed by atoms with Crippen LogP contribution in [0.5, 0.6) is 5.75 Å². The Labute approximate surface area is 213 Å². The summed E-state index contributed by atoms with van der Waals surface area (Å²) in [5.74, 6) is 1.61. The van der Waals surface area contributed by atoms with Gasteiger partial charge in [0.1, 0.15) is 22.6 Å². The summed E-state index contributed by atoms with van der Waals surface area (Å²) >= 11 is 0. The topological polar surface area (TPSA) is 129 Å². The number of ether oxygens (including phenoxy) is 3. The van der Waals surface area contributed by atoms with Crippen molar-refractivity contribution in [3.8, 4) is 28.6 Å². The zero-order valence-electron chi connectivity index (χ0n) is 21.1. The predicted octanol–water partition coefficient (Wildman–Crippen LogP) is 5.43. The third-order valence-corrected chi connectivity index (χ3v) is 6.04. The van der Waals surface area contributed by atoms with Gasteiger partial charge in [-0.15, -0.1) is 0 Å². The second-order valence-electron chi connectivity index (χ2n) is 10.0. The first-order valence-corrected chi connectivity index (χ1v) is 12.0. The Hall–Kier alpha value is -3.89. The molecule has 2 aromatic carbocycles. The van der Waals surface area contributed by atoms with Crippen molar-refractivity contribution in [3.05, 3.63) is 54.3 Å². The van der Waals surface area contributed by atoms with Gasteiger partial charge in [0.2, 0.25) is 5.82 Å². The highest BCUT2D eigenvalue weighted by molar-refractivity contribution is 5.83. The van der Waals surface area contributed by atoms with Crippen LogP contribution < -0.4 is 10.1 Å². The fourth-order valence-electron chi connectivity index (χ4n) is 3.99. The van der Waals surface area contributed by atoms with Crippen molar-refractivity contribution < 1.29 is 33.1 Å². The quantitative estimate of drug-likeness (QED) is 0.336. The van der Waals surface area contributed by atoms with Gasteiger partial charge in [0.25, 0.3) is 5.89 Å². The number of furan rings is 1. The molecule has 4 aromatic rings. The molecule has 1 fully saturated rings. The molecular weight excluding hydrogens is 478 g/mol. The van der Waals surface area contributed by atoms with Crippen LogP contribution in [0.2, 0.25) is 0 Å². The zero-order valence-corrected chi connectivity index (χ0v) is 21.1. The molecule has 1 amide bonds. The smallest absolute Gasteiger partial charge is 0.405 e. The van der Waals surface area contributed by atoms with E-state index in [2.05, 4.69) is 29.3 Å². The molecule has 5 rings (SSSR count). The first-order valence-electron chi connectivity index (χ1n) is 12.0. The lowest BCUT2D eigenvalue weighted by Crippen LogP contribution is -2.58. The number of hydrogen-bond acceptors (Lipinski definition) is 8. The summed E-state index contributed by atoms with van der Waals surface area (Å²) in [6, 6.07) is 14.8. The van der Waals surface area contributed by atoms with Crippen molar-refractivity contribution in [2.75, 3.05) is 19.8 Å². The maximum absolute atomic E-state index is 11.6. The lowest BCUT2D eigenvalue weighted by Gasteiger charge is -2.41. The molecule has 0 unspecified atom stereocenters. The number of amides is 1. The van der Waals surface area contributed by atoms with Crippen molar-refractivity contribution in [2.45, 2.75) is 39.0 Å². The second kappa shape index (κ2) is 9.53. The summed E-state index contributed by atoms with van der Waals surface area (Å²) in [5.41, 5.74) is 0.912. The van der Waals surface area contributed by atoms with Crippen molar-refractivity contribution in [1.29, 1.82) is 0 Å². The third kappa shape index (κ3) is 5.30. The molecule has 0 spiro atoms. The zero-order chi connectivity index (χ0) is 26.2. The number of carboxylic acid groups (broad SMARTS) is 1. The number of rotatable bonds is 7. The lowest BCUT2D eigenvalue weighted by atomic mass is 9.96. The van der Waals surface area contributed by atoms with Crippen molar-refractivity contribution in [1.82, 2.24) is 15.5 Å². The van der Waals surface area contributed by atoms with Gasteiger partial charge < -0.3 is 33.6 Å². The van der Waals surface area contributed by atoms with Gasteiger partial charge in [-0.1, -0.05) is 19.0 Å². The third-order valence-electron chi connectivity index (χ3n) is 6.04. The highest BCUT2D eigenvalue weighted by Crippen LogP contribution is 2.36. The number of aromatic nitrogens is 2. The maximum atomic E-state index is 11.6. The molecular formula is C27H29N3O7. The van der Waals surface area contributed by atoms with Crippen LogP contribution in [0.1, 0.15) is 33.5 Å². The maximum Gasteiger partial charge on any atom is 0.405 e. The second-order valence-corrected chi connectivity index (χ2v) is 10.0. The molecule has 2 aromatic heterocycles. The summed E-state index contributed by atoms with van der Waals surface area (Å²) in [6.45, 7) is 8.52. The molecule has 0 saturated carbocycles. The van der Waals surface area contributed by atoms with Crippen LogP contribution in [0, 0.1) is 5.92 Å². The molecule has 1 aliphatic heterocycles. The molecule has 10 heteroatoms. The lowest BCUT2D eigenvalue weighted by molar-refractivity contribution is -0.274. The number of carbonyl (C=O) groups is 1. The van der Waals surface area contributed by atoms with Crippen molar-refractivity contribution >= 4 is 17.1 Å². The standard InChI is InChI=1S/C27H29N3O7/c1-16(2)13-33-20-8-5-17(6-9-20)24-28-23(30-37-24)18-7-10-21-19(11-18)12-22(36-21)27(29-25(31)32)14-34-26(3,4)35-15-27/h5-12,16,29H,13-15H2,1-4H3,(H,31,32). The van der Waals surface area contributed by atoms with E-state index in [1.165, 1.54) is 0 Å². The summed E-state index contributed by atoms with van der Waals surface area (Å²) in [7, 11) is 0. The Bertz CT molecular complexity index is 1400. The van der Waals surface area contributed by atoms with Gasteiger partial charge >= 0.3 is 6.09 Å². The molecule has 194 valence electrons. The van der Waals surface area contributed by atoms with Crippen LogP contribution in [0.3, 0.4) is 0 Å². The minimum absolute atomic E-state index is 0.0640. The summed E-state index contributed by atoms with van der Waals surface area (Å²) in [4.78, 5) is 16.1. The highest BCUT2D eigenvalue weighted by atomic mass is 16.7. The highest BCUT2D eigenvalue weighted by Gasteiger charge is 2.45. The molecule has 37 heavy (non-hydrogen) atoms. The van der Waals surface area contributed by atoms with E-state index in [4.69, 9.17) is 23.2 Å². The van der Waals surface area contributed by atoms with Crippen molar-refractivity contribution in [2.24, 2.45) is 5.92 Å². The van der Waals surface area contributed by atoms with Gasteiger partial charge in [0, 0.05) is 16.5 Å². The average molecular weight is 508 g/mol. The van der Waals surface area contributed by atoms with Crippen LogP contribution in [-0.4, -0.2) is 46.9 Å². The molecule has 1 aliphatic rings. The first kappa shape index (κ1) is 24.8. The number of nitrogens with zero attached hydrogens (tertiary/aromatic N) is 2. The predicted molar refractivity (Wildman–Crippen MR) is 134 cm³/mol. The van der Waals surface area contributed by atoms with Gasteiger partial charge in [-0.05, 0) is 68.3 Å². The normalized spacial score (nSPS) is 16.7. The Kier molecular flexibility index (Phi) is 6.38. The minimum atomic E-state index is -1.20. The first-order chi connectivity index (χ1) is 17.6. The van der Waals surface area contributed by atoms with E-state index in [0.29, 0.717) is 35.6 Å².